The van der Waals surface area contributed by atoms with Gasteiger partial charge in [0.05, 0.1) is 4.90 Å². The Kier molecular flexibility index (Phi) is 5.16. The monoisotopic (exact) mass is 337 g/mol. The van der Waals surface area contributed by atoms with Crippen LogP contribution in [0.4, 0.5) is 0 Å². The van der Waals surface area contributed by atoms with E-state index in [9.17, 15) is 8.42 Å². The lowest BCUT2D eigenvalue weighted by molar-refractivity contribution is 0.481. The third kappa shape index (κ3) is 4.50. The van der Waals surface area contributed by atoms with Gasteiger partial charge in [-0.2, -0.15) is 12.6 Å². The number of nitrogens with one attached hydrogen (secondary N) is 1. The molecule has 4 nitrogen and oxygen atoms in total. The standard InChI is InChI=1S/C16H19NO3S2/c1-16(2,12-21)17-22(18,19)15-10-8-14(9-11-15)20-13-6-4-3-5-7-13/h3-11,17,21H,12H2,1-2H3. The largest absolute Gasteiger partial charge is 0.457 e. The van der Waals surface area contributed by atoms with Crippen LogP contribution in [-0.4, -0.2) is 19.7 Å². The fourth-order valence-corrected chi connectivity index (χ4v) is 3.36. The van der Waals surface area contributed by atoms with Gasteiger partial charge in [-0.3, -0.25) is 0 Å². The molecule has 0 radical (unpaired) electrons. The Morgan fingerprint density at radius 2 is 1.55 bits per heavy atom. The van der Waals surface area contributed by atoms with Crippen LogP contribution in [0.5, 0.6) is 11.5 Å². The maximum absolute atomic E-state index is 12.3. The van der Waals surface area contributed by atoms with Crippen molar-refractivity contribution in [3.63, 3.8) is 0 Å². The van der Waals surface area contributed by atoms with Crippen molar-refractivity contribution in [3.8, 4) is 11.5 Å². The summed E-state index contributed by atoms with van der Waals surface area (Å²) < 4.78 is 32.8. The fraction of sp³-hybridized carbons (Fsp3) is 0.250. The molecule has 0 atom stereocenters. The van der Waals surface area contributed by atoms with Crippen LogP contribution >= 0.6 is 12.6 Å². The number of rotatable bonds is 6. The predicted molar refractivity (Wildman–Crippen MR) is 91.2 cm³/mol. The summed E-state index contributed by atoms with van der Waals surface area (Å²) in [7, 11) is -3.57. The van der Waals surface area contributed by atoms with E-state index in [2.05, 4.69) is 17.4 Å². The number of hydrogen-bond donors (Lipinski definition) is 2. The molecule has 0 spiro atoms. The van der Waals surface area contributed by atoms with E-state index in [1.54, 1.807) is 26.0 Å². The zero-order chi connectivity index (χ0) is 16.2. The average molecular weight is 337 g/mol. The second-order valence-corrected chi connectivity index (χ2v) is 7.53. The summed E-state index contributed by atoms with van der Waals surface area (Å²) in [5, 5.41) is 0. The summed E-state index contributed by atoms with van der Waals surface area (Å²) in [6.07, 6.45) is 0. The molecule has 0 saturated heterocycles. The molecule has 0 fully saturated rings. The SMILES string of the molecule is CC(C)(CS)NS(=O)(=O)c1ccc(Oc2ccccc2)cc1. The molecule has 2 aromatic carbocycles. The molecular weight excluding hydrogens is 318 g/mol. The van der Waals surface area contributed by atoms with Crippen LogP contribution in [0.3, 0.4) is 0 Å². The van der Waals surface area contributed by atoms with Gasteiger partial charge in [0, 0.05) is 11.3 Å². The highest BCUT2D eigenvalue weighted by molar-refractivity contribution is 7.89. The van der Waals surface area contributed by atoms with Crippen LogP contribution in [0.2, 0.25) is 0 Å². The van der Waals surface area contributed by atoms with E-state index in [-0.39, 0.29) is 4.90 Å². The summed E-state index contributed by atoms with van der Waals surface area (Å²) in [4.78, 5) is 0.197. The number of benzene rings is 2. The van der Waals surface area contributed by atoms with E-state index < -0.39 is 15.6 Å². The van der Waals surface area contributed by atoms with Crippen molar-refractivity contribution in [2.45, 2.75) is 24.3 Å². The molecule has 1 N–H and O–H groups in total. The first kappa shape index (κ1) is 16.9. The molecule has 0 bridgehead atoms. The van der Waals surface area contributed by atoms with Crippen LogP contribution in [-0.2, 0) is 10.0 Å². The third-order valence-corrected chi connectivity index (χ3v) is 5.42. The van der Waals surface area contributed by atoms with Gasteiger partial charge in [-0.25, -0.2) is 13.1 Å². The molecular formula is C16H19NO3S2. The molecule has 0 aromatic heterocycles. The van der Waals surface area contributed by atoms with Crippen molar-refractivity contribution in [3.05, 3.63) is 54.6 Å². The molecule has 6 heteroatoms. The molecule has 0 amide bonds. The molecule has 0 aliphatic heterocycles. The van der Waals surface area contributed by atoms with E-state index in [1.165, 1.54) is 12.1 Å². The first-order valence-electron chi connectivity index (χ1n) is 6.80. The Balaban J connectivity index is 2.15. The van der Waals surface area contributed by atoms with Gasteiger partial charge < -0.3 is 4.74 Å². The van der Waals surface area contributed by atoms with Gasteiger partial charge in [-0.1, -0.05) is 18.2 Å². The number of hydrogen-bond acceptors (Lipinski definition) is 4. The van der Waals surface area contributed by atoms with Crippen molar-refractivity contribution in [1.29, 1.82) is 0 Å². The smallest absolute Gasteiger partial charge is 0.241 e. The molecule has 2 rings (SSSR count). The average Bonchev–Trinajstić information content (AvgIpc) is 2.48. The van der Waals surface area contributed by atoms with Gasteiger partial charge in [0.1, 0.15) is 11.5 Å². The van der Waals surface area contributed by atoms with Gasteiger partial charge in [0.2, 0.25) is 10.0 Å². The van der Waals surface area contributed by atoms with E-state index >= 15 is 0 Å². The van der Waals surface area contributed by atoms with Crippen molar-refractivity contribution in [1.82, 2.24) is 4.72 Å². The summed E-state index contributed by atoms with van der Waals surface area (Å²) in [5.41, 5.74) is -0.610. The summed E-state index contributed by atoms with van der Waals surface area (Å²) in [6.45, 7) is 3.56. The zero-order valence-electron chi connectivity index (χ0n) is 12.5. The number of para-hydroxylation sites is 1. The maximum atomic E-state index is 12.3. The molecule has 0 aliphatic rings. The third-order valence-electron chi connectivity index (χ3n) is 2.92. The highest BCUT2D eigenvalue weighted by Gasteiger charge is 2.24. The van der Waals surface area contributed by atoms with Crippen LogP contribution in [0.25, 0.3) is 0 Å². The molecule has 0 aliphatic carbocycles. The van der Waals surface area contributed by atoms with Crippen molar-refractivity contribution >= 4 is 22.7 Å². The van der Waals surface area contributed by atoms with Crippen molar-refractivity contribution < 1.29 is 13.2 Å². The molecule has 0 saturated carbocycles. The van der Waals surface area contributed by atoms with Gasteiger partial charge in [-0.05, 0) is 50.2 Å². The highest BCUT2D eigenvalue weighted by Crippen LogP contribution is 2.23. The zero-order valence-corrected chi connectivity index (χ0v) is 14.2. The second kappa shape index (κ2) is 6.73. The predicted octanol–water partition coefficient (Wildman–Crippen LogP) is 3.47. The minimum Gasteiger partial charge on any atom is -0.457 e. The fourth-order valence-electron chi connectivity index (χ4n) is 1.77. The summed E-state index contributed by atoms with van der Waals surface area (Å²) >= 11 is 4.15. The minimum absolute atomic E-state index is 0.197. The molecule has 0 heterocycles. The molecule has 118 valence electrons. The van der Waals surface area contributed by atoms with Gasteiger partial charge in [0.15, 0.2) is 0 Å². The van der Waals surface area contributed by atoms with Gasteiger partial charge in [0.25, 0.3) is 0 Å². The normalized spacial score (nSPS) is 12.1. The van der Waals surface area contributed by atoms with Crippen molar-refractivity contribution in [2.75, 3.05) is 5.75 Å². The Morgan fingerprint density at radius 3 is 2.09 bits per heavy atom. The Morgan fingerprint density at radius 1 is 1.00 bits per heavy atom. The van der Waals surface area contributed by atoms with Crippen LogP contribution < -0.4 is 9.46 Å². The van der Waals surface area contributed by atoms with E-state index in [0.29, 0.717) is 17.3 Å². The first-order valence-corrected chi connectivity index (χ1v) is 8.92. The quantitative estimate of drug-likeness (QED) is 0.794. The molecule has 0 unspecified atom stereocenters. The summed E-state index contributed by atoms with van der Waals surface area (Å²) in [6, 6.07) is 15.6. The van der Waals surface area contributed by atoms with E-state index in [0.717, 1.165) is 0 Å². The maximum Gasteiger partial charge on any atom is 0.241 e. The van der Waals surface area contributed by atoms with E-state index in [4.69, 9.17) is 4.74 Å². The number of ether oxygens (including phenoxy) is 1. The second-order valence-electron chi connectivity index (χ2n) is 5.53. The number of sulfonamides is 1. The molecule has 2 aromatic rings. The van der Waals surface area contributed by atoms with Crippen LogP contribution in [0.1, 0.15) is 13.8 Å². The van der Waals surface area contributed by atoms with Crippen molar-refractivity contribution in [2.24, 2.45) is 0 Å². The first-order chi connectivity index (χ1) is 10.3. The van der Waals surface area contributed by atoms with Gasteiger partial charge in [-0.15, -0.1) is 0 Å². The molecule has 22 heavy (non-hydrogen) atoms. The van der Waals surface area contributed by atoms with E-state index in [1.807, 2.05) is 30.3 Å². The lowest BCUT2D eigenvalue weighted by Crippen LogP contribution is -2.44. The lowest BCUT2D eigenvalue weighted by Gasteiger charge is -2.23. The van der Waals surface area contributed by atoms with Crippen LogP contribution in [0.15, 0.2) is 59.5 Å². The Bertz CT molecular complexity index is 711. The number of thiol groups is 1. The summed E-state index contributed by atoms with van der Waals surface area (Å²) in [5.74, 6) is 1.69. The lowest BCUT2D eigenvalue weighted by atomic mass is 10.1. The topological polar surface area (TPSA) is 55.4 Å². The Labute approximate surface area is 137 Å². The minimum atomic E-state index is -3.57. The Hall–Kier alpha value is -1.50. The van der Waals surface area contributed by atoms with Gasteiger partial charge >= 0.3 is 0 Å². The highest BCUT2D eigenvalue weighted by atomic mass is 32.2. The van der Waals surface area contributed by atoms with Crippen LogP contribution in [0, 0.1) is 0 Å².